The normalized spacial score (nSPS) is 19.3. The number of hydrogen-bond acceptors (Lipinski definition) is 3. The number of benzene rings is 1. The van der Waals surface area contributed by atoms with Crippen LogP contribution in [0, 0.1) is 12.7 Å². The molecule has 0 amide bonds. The summed E-state index contributed by atoms with van der Waals surface area (Å²) >= 11 is 0. The van der Waals surface area contributed by atoms with E-state index in [0.29, 0.717) is 24.2 Å². The first-order valence-corrected chi connectivity index (χ1v) is 6.40. The Balaban J connectivity index is 2.24. The fraction of sp³-hybridized carbons (Fsp3) is 0.500. The minimum atomic E-state index is -0.923. The summed E-state index contributed by atoms with van der Waals surface area (Å²) in [6.07, 6.45) is 0. The van der Waals surface area contributed by atoms with E-state index >= 15 is 0 Å². The molecule has 0 bridgehead atoms. The number of halogens is 1. The van der Waals surface area contributed by atoms with Gasteiger partial charge in [-0.15, -0.1) is 0 Å². The lowest BCUT2D eigenvalue weighted by Gasteiger charge is -2.36. The number of piperazine rings is 1. The highest BCUT2D eigenvalue weighted by Crippen LogP contribution is 2.24. The molecule has 1 atom stereocenters. The van der Waals surface area contributed by atoms with E-state index in [9.17, 15) is 14.3 Å². The van der Waals surface area contributed by atoms with Crippen molar-refractivity contribution < 1.29 is 14.3 Å². The van der Waals surface area contributed by atoms with Gasteiger partial charge in [-0.05, 0) is 31.2 Å². The molecule has 1 aromatic carbocycles. The Bertz CT molecular complexity index is 471. The standard InChI is InChI=1S/C14H19FN2O2/c1-10-3-4-11(9-12(10)15)13(14(18)19)17-7-5-16(2)6-8-17/h3-4,9,13H,5-8H2,1-2H3,(H,18,19). The molecule has 1 N–H and O–H groups in total. The molecule has 2 rings (SSSR count). The molecule has 1 aliphatic rings. The SMILES string of the molecule is Cc1ccc(C(C(=O)O)N2CCN(C)CC2)cc1F. The molecule has 0 spiro atoms. The number of aryl methyl sites for hydroxylation is 1. The van der Waals surface area contributed by atoms with Gasteiger partial charge < -0.3 is 10.0 Å². The van der Waals surface area contributed by atoms with Gasteiger partial charge in [-0.2, -0.15) is 0 Å². The topological polar surface area (TPSA) is 43.8 Å². The maximum Gasteiger partial charge on any atom is 0.325 e. The van der Waals surface area contributed by atoms with Crippen molar-refractivity contribution in [1.29, 1.82) is 0 Å². The van der Waals surface area contributed by atoms with Gasteiger partial charge in [-0.3, -0.25) is 9.69 Å². The van der Waals surface area contributed by atoms with Crippen LogP contribution in [0.5, 0.6) is 0 Å². The summed E-state index contributed by atoms with van der Waals surface area (Å²) in [6, 6.07) is 3.92. The zero-order valence-corrected chi connectivity index (χ0v) is 11.3. The third kappa shape index (κ3) is 3.11. The Morgan fingerprint density at radius 3 is 2.47 bits per heavy atom. The molecule has 1 unspecified atom stereocenters. The maximum atomic E-state index is 13.6. The number of carboxylic acids is 1. The molecular formula is C14H19FN2O2. The van der Waals surface area contributed by atoms with E-state index in [-0.39, 0.29) is 5.82 Å². The highest BCUT2D eigenvalue weighted by atomic mass is 19.1. The second kappa shape index (κ2) is 5.67. The van der Waals surface area contributed by atoms with Crippen molar-refractivity contribution in [1.82, 2.24) is 9.80 Å². The van der Waals surface area contributed by atoms with Crippen LogP contribution >= 0.6 is 0 Å². The molecule has 0 aromatic heterocycles. The van der Waals surface area contributed by atoms with Crippen LogP contribution in [-0.4, -0.2) is 54.1 Å². The fourth-order valence-corrected chi connectivity index (χ4v) is 2.37. The molecule has 4 nitrogen and oxygen atoms in total. The fourth-order valence-electron chi connectivity index (χ4n) is 2.37. The van der Waals surface area contributed by atoms with Gasteiger partial charge in [0.15, 0.2) is 0 Å². The Morgan fingerprint density at radius 2 is 1.95 bits per heavy atom. The van der Waals surface area contributed by atoms with Crippen LogP contribution in [0.1, 0.15) is 17.2 Å². The van der Waals surface area contributed by atoms with Crippen molar-refractivity contribution in [2.24, 2.45) is 0 Å². The number of likely N-dealkylation sites (N-methyl/N-ethyl adjacent to an activating group) is 1. The van der Waals surface area contributed by atoms with Crippen LogP contribution in [0.3, 0.4) is 0 Å². The van der Waals surface area contributed by atoms with Crippen LogP contribution in [0.2, 0.25) is 0 Å². The zero-order valence-electron chi connectivity index (χ0n) is 11.3. The average Bonchev–Trinajstić information content (AvgIpc) is 2.36. The van der Waals surface area contributed by atoms with E-state index in [4.69, 9.17) is 0 Å². The van der Waals surface area contributed by atoms with Gasteiger partial charge >= 0.3 is 5.97 Å². The number of hydrogen-bond donors (Lipinski definition) is 1. The maximum absolute atomic E-state index is 13.6. The zero-order chi connectivity index (χ0) is 14.0. The summed E-state index contributed by atoms with van der Waals surface area (Å²) in [5.74, 6) is -1.27. The average molecular weight is 266 g/mol. The van der Waals surface area contributed by atoms with E-state index in [0.717, 1.165) is 13.1 Å². The molecule has 5 heteroatoms. The van der Waals surface area contributed by atoms with Crippen molar-refractivity contribution in [3.8, 4) is 0 Å². The third-order valence-electron chi connectivity index (χ3n) is 3.65. The van der Waals surface area contributed by atoms with Gasteiger partial charge in [-0.25, -0.2) is 4.39 Å². The van der Waals surface area contributed by atoms with E-state index in [1.165, 1.54) is 6.07 Å². The lowest BCUT2D eigenvalue weighted by molar-refractivity contribution is -0.144. The predicted molar refractivity (Wildman–Crippen MR) is 70.6 cm³/mol. The summed E-state index contributed by atoms with van der Waals surface area (Å²) in [5.41, 5.74) is 1.05. The van der Waals surface area contributed by atoms with Crippen LogP contribution in [0.4, 0.5) is 4.39 Å². The van der Waals surface area contributed by atoms with Crippen molar-refractivity contribution in [3.05, 3.63) is 35.1 Å². The van der Waals surface area contributed by atoms with Crippen molar-refractivity contribution >= 4 is 5.97 Å². The summed E-state index contributed by atoms with van der Waals surface area (Å²) in [7, 11) is 2.01. The lowest BCUT2D eigenvalue weighted by atomic mass is 10.0. The van der Waals surface area contributed by atoms with Crippen molar-refractivity contribution in [2.75, 3.05) is 33.2 Å². The van der Waals surface area contributed by atoms with Gasteiger partial charge in [0.05, 0.1) is 0 Å². The smallest absolute Gasteiger partial charge is 0.325 e. The summed E-state index contributed by atoms with van der Waals surface area (Å²) in [4.78, 5) is 15.6. The van der Waals surface area contributed by atoms with Crippen molar-refractivity contribution in [2.45, 2.75) is 13.0 Å². The molecule has 19 heavy (non-hydrogen) atoms. The summed E-state index contributed by atoms with van der Waals surface area (Å²) in [6.45, 7) is 4.70. The van der Waals surface area contributed by atoms with E-state index in [2.05, 4.69) is 4.90 Å². The Kier molecular flexibility index (Phi) is 4.17. The molecule has 0 aliphatic carbocycles. The second-order valence-corrected chi connectivity index (χ2v) is 5.09. The van der Waals surface area contributed by atoms with Crippen LogP contribution < -0.4 is 0 Å². The third-order valence-corrected chi connectivity index (χ3v) is 3.65. The number of nitrogens with zero attached hydrogens (tertiary/aromatic N) is 2. The van der Waals surface area contributed by atoms with Crippen LogP contribution in [-0.2, 0) is 4.79 Å². The molecule has 1 heterocycles. The molecular weight excluding hydrogens is 247 g/mol. The molecule has 1 aliphatic heterocycles. The lowest BCUT2D eigenvalue weighted by Crippen LogP contribution is -2.47. The predicted octanol–water partition coefficient (Wildman–Crippen LogP) is 1.51. The quantitative estimate of drug-likeness (QED) is 0.900. The van der Waals surface area contributed by atoms with Gasteiger partial charge in [0.1, 0.15) is 11.9 Å². The summed E-state index contributed by atoms with van der Waals surface area (Å²) in [5, 5.41) is 9.43. The van der Waals surface area contributed by atoms with Crippen LogP contribution in [0.25, 0.3) is 0 Å². The number of carbonyl (C=O) groups is 1. The second-order valence-electron chi connectivity index (χ2n) is 5.09. The number of aliphatic carboxylic acids is 1. The first-order valence-electron chi connectivity index (χ1n) is 6.40. The Morgan fingerprint density at radius 1 is 1.32 bits per heavy atom. The summed E-state index contributed by atoms with van der Waals surface area (Å²) < 4.78 is 13.6. The number of carboxylic acid groups (broad SMARTS) is 1. The van der Waals surface area contributed by atoms with Gasteiger partial charge in [0, 0.05) is 26.2 Å². The van der Waals surface area contributed by atoms with Gasteiger partial charge in [-0.1, -0.05) is 12.1 Å². The van der Waals surface area contributed by atoms with E-state index in [1.54, 1.807) is 19.1 Å². The van der Waals surface area contributed by atoms with Gasteiger partial charge in [0.2, 0.25) is 0 Å². The highest BCUT2D eigenvalue weighted by molar-refractivity contribution is 5.75. The minimum absolute atomic E-state index is 0.349. The molecule has 0 radical (unpaired) electrons. The Hall–Kier alpha value is -1.46. The number of rotatable bonds is 3. The Labute approximate surface area is 112 Å². The van der Waals surface area contributed by atoms with Crippen LogP contribution in [0.15, 0.2) is 18.2 Å². The first-order chi connectivity index (χ1) is 8.99. The molecule has 1 saturated heterocycles. The molecule has 104 valence electrons. The largest absolute Gasteiger partial charge is 0.480 e. The highest BCUT2D eigenvalue weighted by Gasteiger charge is 2.29. The van der Waals surface area contributed by atoms with Crippen molar-refractivity contribution in [3.63, 3.8) is 0 Å². The first kappa shape index (κ1) is 14.0. The monoisotopic (exact) mass is 266 g/mol. The molecule has 0 saturated carbocycles. The van der Waals surface area contributed by atoms with E-state index < -0.39 is 12.0 Å². The minimum Gasteiger partial charge on any atom is -0.480 e. The van der Waals surface area contributed by atoms with E-state index in [1.807, 2.05) is 11.9 Å². The van der Waals surface area contributed by atoms with Gasteiger partial charge in [0.25, 0.3) is 0 Å². The molecule has 1 fully saturated rings. The molecule has 1 aromatic rings.